The molecule has 1 aromatic heterocycles. The van der Waals surface area contributed by atoms with E-state index in [9.17, 15) is 4.79 Å². The first kappa shape index (κ1) is 13.4. The van der Waals surface area contributed by atoms with Crippen LogP contribution in [0, 0.1) is 5.92 Å². The Morgan fingerprint density at radius 2 is 2.30 bits per heavy atom. The Labute approximate surface area is 122 Å². The first-order valence-electron chi connectivity index (χ1n) is 7.03. The van der Waals surface area contributed by atoms with Gasteiger partial charge in [-0.1, -0.05) is 25.2 Å². The molecule has 0 aliphatic carbocycles. The molecule has 1 amide bonds. The highest BCUT2D eigenvalue weighted by molar-refractivity contribution is 7.22. The number of carbonyl (C=O) groups is 1. The summed E-state index contributed by atoms with van der Waals surface area (Å²) in [7, 11) is 0. The topological polar surface area (TPSA) is 59.2 Å². The predicted molar refractivity (Wildman–Crippen MR) is 82.9 cm³/mol. The molecule has 0 bridgehead atoms. The van der Waals surface area contributed by atoms with Gasteiger partial charge in [0, 0.05) is 18.2 Å². The molecule has 1 aliphatic heterocycles. The zero-order valence-corrected chi connectivity index (χ0v) is 12.6. The van der Waals surface area contributed by atoms with E-state index >= 15 is 0 Å². The summed E-state index contributed by atoms with van der Waals surface area (Å²) in [6.45, 7) is 5.23. The molecule has 1 unspecified atom stereocenters. The van der Waals surface area contributed by atoms with E-state index in [2.05, 4.69) is 18.8 Å². The number of benzene rings is 1. The van der Waals surface area contributed by atoms with Crippen molar-refractivity contribution in [3.05, 3.63) is 23.8 Å². The maximum atomic E-state index is 12.7. The Kier molecular flexibility index (Phi) is 3.38. The van der Waals surface area contributed by atoms with Gasteiger partial charge >= 0.3 is 0 Å². The van der Waals surface area contributed by atoms with Gasteiger partial charge in [0.2, 0.25) is 0 Å². The van der Waals surface area contributed by atoms with Gasteiger partial charge in [-0.3, -0.25) is 4.79 Å². The number of hydrogen-bond donors (Lipinski definition) is 1. The van der Waals surface area contributed by atoms with Crippen LogP contribution in [0.2, 0.25) is 0 Å². The summed E-state index contributed by atoms with van der Waals surface area (Å²) < 4.78 is 0.980. The summed E-state index contributed by atoms with van der Waals surface area (Å²) in [4.78, 5) is 18.9. The molecule has 2 N–H and O–H groups in total. The summed E-state index contributed by atoms with van der Waals surface area (Å²) in [5, 5.41) is 0.547. The lowest BCUT2D eigenvalue weighted by molar-refractivity contribution is 0.0702. The van der Waals surface area contributed by atoms with Gasteiger partial charge in [0.1, 0.15) is 0 Å². The number of hydrogen-bond acceptors (Lipinski definition) is 4. The van der Waals surface area contributed by atoms with Crippen LogP contribution in [0.15, 0.2) is 18.2 Å². The van der Waals surface area contributed by atoms with Crippen LogP contribution < -0.4 is 5.73 Å². The maximum absolute atomic E-state index is 12.7. The lowest BCUT2D eigenvalue weighted by Gasteiger charge is -2.27. The molecular formula is C15H19N3OS. The van der Waals surface area contributed by atoms with Crippen molar-refractivity contribution in [3.63, 3.8) is 0 Å². The zero-order valence-electron chi connectivity index (χ0n) is 11.8. The van der Waals surface area contributed by atoms with Crippen LogP contribution in [0.25, 0.3) is 10.2 Å². The highest BCUT2D eigenvalue weighted by atomic mass is 32.1. The molecule has 0 radical (unpaired) electrons. The third-order valence-corrected chi connectivity index (χ3v) is 4.83. The van der Waals surface area contributed by atoms with Crippen molar-refractivity contribution in [1.29, 1.82) is 0 Å². The normalized spacial score (nSPS) is 19.1. The molecule has 0 saturated carbocycles. The standard InChI is InChI=1S/C15H19N3OS/c1-9(2)12-4-3-7-18(12)14(19)10-5-6-11-13(8-10)20-15(16)17-11/h5-6,8-9,12H,3-4,7H2,1-2H3,(H2,16,17). The molecule has 0 spiro atoms. The molecule has 1 aromatic carbocycles. The van der Waals surface area contributed by atoms with E-state index in [1.165, 1.54) is 11.3 Å². The van der Waals surface area contributed by atoms with E-state index in [0.29, 0.717) is 17.1 Å². The summed E-state index contributed by atoms with van der Waals surface area (Å²) >= 11 is 1.43. The largest absolute Gasteiger partial charge is 0.375 e. The van der Waals surface area contributed by atoms with Crippen LogP contribution in [-0.4, -0.2) is 28.4 Å². The Morgan fingerprint density at radius 3 is 3.05 bits per heavy atom. The van der Waals surface area contributed by atoms with Crippen molar-refractivity contribution in [2.45, 2.75) is 32.7 Å². The van der Waals surface area contributed by atoms with Crippen molar-refractivity contribution in [2.24, 2.45) is 5.92 Å². The van der Waals surface area contributed by atoms with Gasteiger partial charge in [0.25, 0.3) is 5.91 Å². The van der Waals surface area contributed by atoms with Crippen molar-refractivity contribution >= 4 is 32.6 Å². The number of nitrogen functional groups attached to an aromatic ring is 1. The van der Waals surface area contributed by atoms with Gasteiger partial charge in [-0.15, -0.1) is 0 Å². The van der Waals surface area contributed by atoms with E-state index in [1.807, 2.05) is 23.1 Å². The van der Waals surface area contributed by atoms with Crippen LogP contribution in [0.3, 0.4) is 0 Å². The van der Waals surface area contributed by atoms with E-state index < -0.39 is 0 Å². The molecule has 106 valence electrons. The van der Waals surface area contributed by atoms with Crippen LogP contribution in [-0.2, 0) is 0 Å². The van der Waals surface area contributed by atoms with Gasteiger partial charge in [-0.05, 0) is 37.0 Å². The maximum Gasteiger partial charge on any atom is 0.254 e. The van der Waals surface area contributed by atoms with Gasteiger partial charge in [-0.2, -0.15) is 0 Å². The number of thiazole rings is 1. The predicted octanol–water partition coefficient (Wildman–Crippen LogP) is 3.14. The monoisotopic (exact) mass is 289 g/mol. The van der Waals surface area contributed by atoms with Crippen LogP contribution in [0.5, 0.6) is 0 Å². The zero-order chi connectivity index (χ0) is 14.3. The third-order valence-electron chi connectivity index (χ3n) is 3.98. The first-order chi connectivity index (χ1) is 9.56. The number of nitrogens with two attached hydrogens (primary N) is 1. The summed E-state index contributed by atoms with van der Waals surface area (Å²) in [5.74, 6) is 0.638. The van der Waals surface area contributed by atoms with E-state index in [-0.39, 0.29) is 5.91 Å². The lowest BCUT2D eigenvalue weighted by Crippen LogP contribution is -2.38. The molecule has 5 heteroatoms. The second-order valence-corrected chi connectivity index (χ2v) is 6.75. The number of aromatic nitrogens is 1. The second-order valence-electron chi connectivity index (χ2n) is 5.69. The minimum atomic E-state index is 0.134. The molecule has 4 nitrogen and oxygen atoms in total. The average molecular weight is 289 g/mol. The van der Waals surface area contributed by atoms with Crippen LogP contribution >= 0.6 is 11.3 Å². The fourth-order valence-corrected chi connectivity index (χ4v) is 3.75. The van der Waals surface area contributed by atoms with E-state index in [4.69, 9.17) is 5.73 Å². The fourth-order valence-electron chi connectivity index (χ4n) is 2.98. The molecule has 1 fully saturated rings. The molecule has 1 saturated heterocycles. The van der Waals surface area contributed by atoms with Gasteiger partial charge < -0.3 is 10.6 Å². The quantitative estimate of drug-likeness (QED) is 0.924. The minimum absolute atomic E-state index is 0.134. The van der Waals surface area contributed by atoms with Crippen molar-refractivity contribution in [3.8, 4) is 0 Å². The smallest absolute Gasteiger partial charge is 0.254 e. The minimum Gasteiger partial charge on any atom is -0.375 e. The summed E-state index contributed by atoms with van der Waals surface area (Å²) in [6.07, 6.45) is 2.21. The number of likely N-dealkylation sites (tertiary alicyclic amines) is 1. The summed E-state index contributed by atoms with van der Waals surface area (Å²) in [6, 6.07) is 6.03. The van der Waals surface area contributed by atoms with Crippen LogP contribution in [0.1, 0.15) is 37.0 Å². The van der Waals surface area contributed by atoms with E-state index in [0.717, 1.165) is 35.2 Å². The number of carbonyl (C=O) groups excluding carboxylic acids is 1. The fraction of sp³-hybridized carbons (Fsp3) is 0.467. The molecule has 1 atom stereocenters. The highest BCUT2D eigenvalue weighted by Crippen LogP contribution is 2.28. The molecule has 1 aliphatic rings. The van der Waals surface area contributed by atoms with Gasteiger partial charge in [-0.25, -0.2) is 4.98 Å². The number of rotatable bonds is 2. The molecular weight excluding hydrogens is 270 g/mol. The Balaban J connectivity index is 1.91. The van der Waals surface area contributed by atoms with Gasteiger partial charge in [0.15, 0.2) is 5.13 Å². The molecule has 2 heterocycles. The highest BCUT2D eigenvalue weighted by Gasteiger charge is 2.31. The molecule has 20 heavy (non-hydrogen) atoms. The first-order valence-corrected chi connectivity index (χ1v) is 7.85. The number of nitrogens with zero attached hydrogens (tertiary/aromatic N) is 2. The van der Waals surface area contributed by atoms with Crippen LogP contribution in [0.4, 0.5) is 5.13 Å². The van der Waals surface area contributed by atoms with Crippen molar-refractivity contribution < 1.29 is 4.79 Å². The second kappa shape index (κ2) is 5.05. The number of anilines is 1. The van der Waals surface area contributed by atoms with E-state index in [1.54, 1.807) is 0 Å². The lowest BCUT2D eigenvalue weighted by atomic mass is 10.0. The van der Waals surface area contributed by atoms with Crippen molar-refractivity contribution in [1.82, 2.24) is 9.88 Å². The van der Waals surface area contributed by atoms with Gasteiger partial charge in [0.05, 0.1) is 10.2 Å². The Morgan fingerprint density at radius 1 is 1.50 bits per heavy atom. The number of fused-ring (bicyclic) bond motifs is 1. The SMILES string of the molecule is CC(C)C1CCCN1C(=O)c1ccc2nc(N)sc2c1. The third kappa shape index (κ3) is 2.26. The summed E-state index contributed by atoms with van der Waals surface area (Å²) in [5.41, 5.74) is 7.32. The number of amides is 1. The Bertz CT molecular complexity index is 650. The van der Waals surface area contributed by atoms with Crippen molar-refractivity contribution in [2.75, 3.05) is 12.3 Å². The molecule has 3 rings (SSSR count). The Hall–Kier alpha value is -1.62. The molecule has 2 aromatic rings. The average Bonchev–Trinajstić information content (AvgIpc) is 3.01.